The molecule has 4 nitrogen and oxygen atoms in total. The molecule has 122 valence electrons. The lowest BCUT2D eigenvalue weighted by molar-refractivity contribution is -0.112. The van der Waals surface area contributed by atoms with Crippen LogP contribution in [0, 0.1) is 17.8 Å². The summed E-state index contributed by atoms with van der Waals surface area (Å²) in [6.07, 6.45) is 4.45. The molecule has 0 aromatic heterocycles. The van der Waals surface area contributed by atoms with Gasteiger partial charge in [-0.3, -0.25) is 4.79 Å². The van der Waals surface area contributed by atoms with E-state index in [4.69, 9.17) is 4.74 Å². The molecule has 0 amide bonds. The number of ether oxygens (including phenoxy) is 1. The second kappa shape index (κ2) is 9.87. The lowest BCUT2D eigenvalue weighted by atomic mass is 9.89. The van der Waals surface area contributed by atoms with E-state index in [0.29, 0.717) is 0 Å². The van der Waals surface area contributed by atoms with Gasteiger partial charge in [0.2, 0.25) is 0 Å². The number of ketones is 1. The van der Waals surface area contributed by atoms with E-state index in [9.17, 15) is 15.0 Å². The quantitative estimate of drug-likeness (QED) is 0.506. The van der Waals surface area contributed by atoms with Gasteiger partial charge in [-0.15, -0.1) is 0 Å². The summed E-state index contributed by atoms with van der Waals surface area (Å²) in [4.78, 5) is 10.9. The van der Waals surface area contributed by atoms with E-state index in [2.05, 4.69) is 0 Å². The van der Waals surface area contributed by atoms with Crippen molar-refractivity contribution < 1.29 is 19.7 Å². The van der Waals surface area contributed by atoms with Crippen molar-refractivity contribution in [1.29, 1.82) is 0 Å². The van der Waals surface area contributed by atoms with Crippen molar-refractivity contribution in [3.05, 3.63) is 23.8 Å². The Hall–Kier alpha value is -0.970. The second-order valence-corrected chi connectivity index (χ2v) is 5.90. The van der Waals surface area contributed by atoms with Crippen molar-refractivity contribution in [3.8, 4) is 0 Å². The SMILES string of the molecule is CO[C@H]([C@@H](C)/C=C(\C)[C@@H](O)[C@H](C)/C=C/C(C)=O)[C@@H](C)CO. The van der Waals surface area contributed by atoms with Crippen molar-refractivity contribution in [2.24, 2.45) is 17.8 Å². The van der Waals surface area contributed by atoms with E-state index in [1.165, 1.54) is 13.0 Å². The average molecular weight is 298 g/mol. The highest BCUT2D eigenvalue weighted by molar-refractivity contribution is 5.87. The maximum atomic E-state index is 10.9. The van der Waals surface area contributed by atoms with Crippen LogP contribution in [0.4, 0.5) is 0 Å². The average Bonchev–Trinajstić information content (AvgIpc) is 2.43. The first-order valence-corrected chi connectivity index (χ1v) is 7.43. The van der Waals surface area contributed by atoms with Crippen LogP contribution in [0.25, 0.3) is 0 Å². The Morgan fingerprint density at radius 3 is 2.19 bits per heavy atom. The van der Waals surface area contributed by atoms with E-state index in [1.807, 2.05) is 33.8 Å². The molecule has 2 N–H and O–H groups in total. The standard InChI is InChI=1S/C17H30O4/c1-11(7-8-15(5)19)16(20)12(2)9-13(3)17(21-6)14(4)10-18/h7-9,11,13-14,16-18,20H,10H2,1-6H3/b8-7+,12-9+/t11-,13+,14+,16+,17-/m1/s1. The summed E-state index contributed by atoms with van der Waals surface area (Å²) in [6, 6.07) is 0. The lowest BCUT2D eigenvalue weighted by Crippen LogP contribution is -2.30. The number of allylic oxidation sites excluding steroid dienone is 1. The first-order chi connectivity index (χ1) is 9.74. The Morgan fingerprint density at radius 1 is 1.19 bits per heavy atom. The number of hydrogen-bond donors (Lipinski definition) is 2. The summed E-state index contributed by atoms with van der Waals surface area (Å²) in [5, 5.41) is 19.5. The maximum Gasteiger partial charge on any atom is 0.152 e. The van der Waals surface area contributed by atoms with Gasteiger partial charge in [-0.1, -0.05) is 32.9 Å². The van der Waals surface area contributed by atoms with Gasteiger partial charge in [0, 0.05) is 31.5 Å². The molecule has 5 atom stereocenters. The minimum atomic E-state index is -0.634. The molecule has 0 aliphatic carbocycles. The van der Waals surface area contributed by atoms with Crippen LogP contribution in [0.1, 0.15) is 34.6 Å². The monoisotopic (exact) mass is 298 g/mol. The number of aliphatic hydroxyl groups is 2. The molecule has 0 fully saturated rings. The molecule has 21 heavy (non-hydrogen) atoms. The molecule has 0 unspecified atom stereocenters. The predicted octanol–water partition coefficient (Wildman–Crippen LogP) is 2.35. The van der Waals surface area contributed by atoms with Gasteiger partial charge in [0.1, 0.15) is 0 Å². The Labute approximate surface area is 128 Å². The van der Waals surface area contributed by atoms with Gasteiger partial charge in [0.15, 0.2) is 5.78 Å². The van der Waals surface area contributed by atoms with Crippen molar-refractivity contribution >= 4 is 5.78 Å². The Balaban J connectivity index is 4.87. The summed E-state index contributed by atoms with van der Waals surface area (Å²) in [5.41, 5.74) is 0.843. The largest absolute Gasteiger partial charge is 0.396 e. The number of carbonyl (C=O) groups is 1. The number of rotatable bonds is 9. The topological polar surface area (TPSA) is 66.8 Å². The molecule has 0 rings (SSSR count). The molecule has 0 spiro atoms. The van der Waals surface area contributed by atoms with E-state index in [-0.39, 0.29) is 36.2 Å². The molecule has 0 saturated carbocycles. The van der Waals surface area contributed by atoms with Gasteiger partial charge in [0.25, 0.3) is 0 Å². The highest BCUT2D eigenvalue weighted by atomic mass is 16.5. The summed E-state index contributed by atoms with van der Waals surface area (Å²) in [6.45, 7) is 9.23. The van der Waals surface area contributed by atoms with Gasteiger partial charge >= 0.3 is 0 Å². The van der Waals surface area contributed by atoms with Gasteiger partial charge in [0.05, 0.1) is 12.2 Å². The summed E-state index contributed by atoms with van der Waals surface area (Å²) >= 11 is 0. The molecular weight excluding hydrogens is 268 g/mol. The van der Waals surface area contributed by atoms with E-state index < -0.39 is 6.10 Å². The van der Waals surface area contributed by atoms with E-state index >= 15 is 0 Å². The number of methoxy groups -OCH3 is 1. The fourth-order valence-electron chi connectivity index (χ4n) is 2.48. The van der Waals surface area contributed by atoms with Crippen LogP contribution in [0.15, 0.2) is 23.8 Å². The number of hydrogen-bond acceptors (Lipinski definition) is 4. The van der Waals surface area contributed by atoms with Crippen molar-refractivity contribution in [3.63, 3.8) is 0 Å². The lowest BCUT2D eigenvalue weighted by Gasteiger charge is -2.26. The fraction of sp³-hybridized carbons (Fsp3) is 0.706. The van der Waals surface area contributed by atoms with Crippen LogP contribution in [-0.4, -0.2) is 41.9 Å². The third-order valence-corrected chi connectivity index (χ3v) is 3.76. The summed E-state index contributed by atoms with van der Waals surface area (Å²) < 4.78 is 5.44. The predicted molar refractivity (Wildman–Crippen MR) is 85.0 cm³/mol. The third-order valence-electron chi connectivity index (χ3n) is 3.76. The normalized spacial score (nSPS) is 20.1. The zero-order chi connectivity index (χ0) is 16.6. The molecule has 0 radical (unpaired) electrons. The minimum absolute atomic E-state index is 0.0275. The Kier molecular flexibility index (Phi) is 9.42. The fourth-order valence-corrected chi connectivity index (χ4v) is 2.48. The third kappa shape index (κ3) is 7.02. The van der Waals surface area contributed by atoms with Crippen LogP contribution < -0.4 is 0 Å². The first kappa shape index (κ1) is 20.0. The first-order valence-electron chi connectivity index (χ1n) is 7.43. The number of carbonyl (C=O) groups excluding carboxylic acids is 1. The van der Waals surface area contributed by atoms with E-state index in [0.717, 1.165) is 5.57 Å². The van der Waals surface area contributed by atoms with E-state index in [1.54, 1.807) is 13.2 Å². The smallest absolute Gasteiger partial charge is 0.152 e. The molecule has 0 aromatic carbocycles. The molecule has 0 bridgehead atoms. The molecule has 0 aromatic rings. The van der Waals surface area contributed by atoms with Crippen LogP contribution in [0.3, 0.4) is 0 Å². The molecule has 4 heteroatoms. The second-order valence-electron chi connectivity index (χ2n) is 5.90. The summed E-state index contributed by atoms with van der Waals surface area (Å²) in [7, 11) is 1.63. The molecule has 0 aliphatic heterocycles. The van der Waals surface area contributed by atoms with Crippen molar-refractivity contribution in [2.45, 2.75) is 46.8 Å². The van der Waals surface area contributed by atoms with Gasteiger partial charge in [-0.2, -0.15) is 0 Å². The molecule has 0 saturated heterocycles. The molecule has 0 aliphatic rings. The Morgan fingerprint density at radius 2 is 1.76 bits per heavy atom. The van der Waals surface area contributed by atoms with Gasteiger partial charge < -0.3 is 14.9 Å². The highest BCUT2D eigenvalue weighted by Crippen LogP contribution is 2.22. The number of aliphatic hydroxyl groups excluding tert-OH is 2. The summed E-state index contributed by atoms with van der Waals surface area (Å²) in [5.74, 6) is -0.0501. The van der Waals surface area contributed by atoms with Crippen LogP contribution in [-0.2, 0) is 9.53 Å². The molecule has 0 heterocycles. The molecular formula is C17H30O4. The van der Waals surface area contributed by atoms with Gasteiger partial charge in [-0.05, 0) is 25.5 Å². The zero-order valence-electron chi connectivity index (χ0n) is 14.0. The van der Waals surface area contributed by atoms with Crippen molar-refractivity contribution in [2.75, 3.05) is 13.7 Å². The Bertz CT molecular complexity index is 373. The van der Waals surface area contributed by atoms with Gasteiger partial charge in [-0.25, -0.2) is 0 Å². The van der Waals surface area contributed by atoms with Crippen LogP contribution >= 0.6 is 0 Å². The minimum Gasteiger partial charge on any atom is -0.396 e. The maximum absolute atomic E-state index is 10.9. The van der Waals surface area contributed by atoms with Crippen LogP contribution in [0.2, 0.25) is 0 Å². The highest BCUT2D eigenvalue weighted by Gasteiger charge is 2.23. The zero-order valence-corrected chi connectivity index (χ0v) is 14.0. The van der Waals surface area contributed by atoms with Crippen molar-refractivity contribution in [1.82, 2.24) is 0 Å². The van der Waals surface area contributed by atoms with Crippen LogP contribution in [0.5, 0.6) is 0 Å².